The summed E-state index contributed by atoms with van der Waals surface area (Å²) < 4.78 is 0. The maximum atomic E-state index is 12.0. The lowest BCUT2D eigenvalue weighted by atomic mass is 10.2. The van der Waals surface area contributed by atoms with E-state index in [9.17, 15) is 4.79 Å². The lowest BCUT2D eigenvalue weighted by Crippen LogP contribution is -2.33. The molecule has 0 saturated heterocycles. The summed E-state index contributed by atoms with van der Waals surface area (Å²) in [4.78, 5) is 12.8. The van der Waals surface area contributed by atoms with E-state index in [0.717, 1.165) is 4.90 Å². The molecule has 0 aromatic heterocycles. The summed E-state index contributed by atoms with van der Waals surface area (Å²) in [5.41, 5.74) is 0.572. The molecule has 1 unspecified atom stereocenters. The fraction of sp³-hybridized carbons (Fsp3) is 0.385. The van der Waals surface area contributed by atoms with Gasteiger partial charge in [-0.25, -0.2) is 0 Å². The molecule has 0 spiro atoms. The first-order valence-electron chi connectivity index (χ1n) is 5.69. The molecule has 4 nitrogen and oxygen atoms in total. The first-order chi connectivity index (χ1) is 8.69. The van der Waals surface area contributed by atoms with Crippen LogP contribution in [0.5, 0.6) is 0 Å². The minimum absolute atomic E-state index is 0.0479. The van der Waals surface area contributed by atoms with Gasteiger partial charge in [-0.3, -0.25) is 4.79 Å². The minimum Gasteiger partial charge on any atom is -0.396 e. The highest BCUT2D eigenvalue weighted by Crippen LogP contribution is 2.22. The van der Waals surface area contributed by atoms with Gasteiger partial charge in [0.25, 0.3) is 5.91 Å². The average molecular weight is 264 g/mol. The summed E-state index contributed by atoms with van der Waals surface area (Å²) in [6.45, 7) is 1.89. The first-order valence-corrected chi connectivity index (χ1v) is 6.68. The quantitative estimate of drug-likeness (QED) is 0.768. The molecule has 0 aliphatic carbocycles. The molecule has 1 atom stereocenters. The van der Waals surface area contributed by atoms with Crippen LogP contribution in [0.15, 0.2) is 29.2 Å². The van der Waals surface area contributed by atoms with Crippen molar-refractivity contribution in [2.75, 3.05) is 12.4 Å². The smallest absolute Gasteiger partial charge is 0.252 e. The molecule has 1 aromatic rings. The Morgan fingerprint density at radius 3 is 2.94 bits per heavy atom. The third-order valence-electron chi connectivity index (χ3n) is 2.36. The number of nitriles is 1. The van der Waals surface area contributed by atoms with Gasteiger partial charge in [-0.05, 0) is 25.5 Å². The Kier molecular flexibility index (Phi) is 6.26. The maximum Gasteiger partial charge on any atom is 0.252 e. The van der Waals surface area contributed by atoms with Crippen LogP contribution >= 0.6 is 11.8 Å². The second kappa shape index (κ2) is 7.75. The molecule has 18 heavy (non-hydrogen) atoms. The van der Waals surface area contributed by atoms with Crippen molar-refractivity contribution >= 4 is 17.7 Å². The van der Waals surface area contributed by atoms with E-state index in [2.05, 4.69) is 5.32 Å². The van der Waals surface area contributed by atoms with Gasteiger partial charge in [0.1, 0.15) is 0 Å². The molecule has 1 aromatic carbocycles. The Labute approximate surface area is 111 Å². The Balaban J connectivity index is 2.75. The first kappa shape index (κ1) is 14.6. The normalized spacial score (nSPS) is 11.6. The largest absolute Gasteiger partial charge is 0.396 e. The van der Waals surface area contributed by atoms with Gasteiger partial charge in [-0.2, -0.15) is 5.26 Å². The molecule has 0 bridgehead atoms. The Morgan fingerprint density at radius 1 is 1.56 bits per heavy atom. The zero-order chi connectivity index (χ0) is 13.4. The number of benzene rings is 1. The van der Waals surface area contributed by atoms with Gasteiger partial charge in [0.15, 0.2) is 0 Å². The van der Waals surface area contributed by atoms with Gasteiger partial charge in [0.2, 0.25) is 0 Å². The highest BCUT2D eigenvalue weighted by molar-refractivity contribution is 7.99. The third kappa shape index (κ3) is 4.40. The number of aliphatic hydroxyl groups is 1. The van der Waals surface area contributed by atoms with E-state index in [0.29, 0.717) is 17.7 Å². The van der Waals surface area contributed by atoms with Crippen molar-refractivity contribution in [1.29, 1.82) is 5.26 Å². The summed E-state index contributed by atoms with van der Waals surface area (Å²) in [6, 6.07) is 9.17. The van der Waals surface area contributed by atoms with Crippen LogP contribution in [0.4, 0.5) is 0 Å². The summed E-state index contributed by atoms with van der Waals surface area (Å²) >= 11 is 1.34. The predicted molar refractivity (Wildman–Crippen MR) is 71.4 cm³/mol. The number of rotatable bonds is 6. The van der Waals surface area contributed by atoms with Gasteiger partial charge in [-0.1, -0.05) is 12.1 Å². The van der Waals surface area contributed by atoms with Crippen molar-refractivity contribution < 1.29 is 9.90 Å². The van der Waals surface area contributed by atoms with Crippen molar-refractivity contribution in [3.05, 3.63) is 29.8 Å². The van der Waals surface area contributed by atoms with Gasteiger partial charge in [0, 0.05) is 17.5 Å². The van der Waals surface area contributed by atoms with Gasteiger partial charge in [-0.15, -0.1) is 11.8 Å². The zero-order valence-electron chi connectivity index (χ0n) is 10.2. The minimum atomic E-state index is -0.169. The molecular weight excluding hydrogens is 248 g/mol. The molecule has 1 rings (SSSR count). The molecule has 0 fully saturated rings. The number of amides is 1. The topological polar surface area (TPSA) is 73.1 Å². The Morgan fingerprint density at radius 2 is 2.28 bits per heavy atom. The van der Waals surface area contributed by atoms with Crippen LogP contribution in [0, 0.1) is 11.3 Å². The SMILES string of the molecule is CC(CCO)NC(=O)c1ccccc1SCC#N. The van der Waals surface area contributed by atoms with E-state index >= 15 is 0 Å². The Bertz CT molecular complexity index is 443. The molecule has 0 heterocycles. The van der Waals surface area contributed by atoms with Crippen molar-refractivity contribution in [3.8, 4) is 6.07 Å². The van der Waals surface area contributed by atoms with E-state index in [1.165, 1.54) is 11.8 Å². The van der Waals surface area contributed by atoms with Crippen molar-refractivity contribution in [1.82, 2.24) is 5.32 Å². The third-order valence-corrected chi connectivity index (χ3v) is 3.30. The number of nitrogens with zero attached hydrogens (tertiary/aromatic N) is 1. The zero-order valence-corrected chi connectivity index (χ0v) is 11.0. The highest BCUT2D eigenvalue weighted by atomic mass is 32.2. The highest BCUT2D eigenvalue weighted by Gasteiger charge is 2.13. The lowest BCUT2D eigenvalue weighted by Gasteiger charge is -2.14. The number of hydrogen-bond donors (Lipinski definition) is 2. The maximum absolute atomic E-state index is 12.0. The number of nitrogens with one attached hydrogen (secondary N) is 1. The summed E-state index contributed by atoms with van der Waals surface area (Å²) in [7, 11) is 0. The molecule has 0 aliphatic heterocycles. The van der Waals surface area contributed by atoms with E-state index in [1.807, 2.05) is 25.1 Å². The molecule has 0 saturated carbocycles. The van der Waals surface area contributed by atoms with E-state index in [-0.39, 0.29) is 18.6 Å². The van der Waals surface area contributed by atoms with Gasteiger partial charge < -0.3 is 10.4 Å². The van der Waals surface area contributed by atoms with Gasteiger partial charge >= 0.3 is 0 Å². The number of aliphatic hydroxyl groups excluding tert-OH is 1. The van der Waals surface area contributed by atoms with Crippen molar-refractivity contribution in [3.63, 3.8) is 0 Å². The predicted octanol–water partition coefficient (Wildman–Crippen LogP) is 1.80. The van der Waals surface area contributed by atoms with E-state index in [4.69, 9.17) is 10.4 Å². The second-order valence-electron chi connectivity index (χ2n) is 3.83. The van der Waals surface area contributed by atoms with E-state index in [1.54, 1.807) is 12.1 Å². The molecule has 5 heteroatoms. The van der Waals surface area contributed by atoms with Crippen molar-refractivity contribution in [2.45, 2.75) is 24.3 Å². The monoisotopic (exact) mass is 264 g/mol. The van der Waals surface area contributed by atoms with Crippen LogP contribution in [0.1, 0.15) is 23.7 Å². The molecular formula is C13H16N2O2S. The molecule has 1 amide bonds. The number of carbonyl (C=O) groups excluding carboxylic acids is 1. The lowest BCUT2D eigenvalue weighted by molar-refractivity contribution is 0.0931. The average Bonchev–Trinajstić information content (AvgIpc) is 2.36. The van der Waals surface area contributed by atoms with Crippen LogP contribution in [0.2, 0.25) is 0 Å². The summed E-state index contributed by atoms with van der Waals surface area (Å²) in [5, 5.41) is 20.2. The summed E-state index contributed by atoms with van der Waals surface area (Å²) in [6.07, 6.45) is 0.527. The van der Waals surface area contributed by atoms with Crippen LogP contribution in [0.25, 0.3) is 0 Å². The van der Waals surface area contributed by atoms with Crippen LogP contribution in [-0.4, -0.2) is 29.4 Å². The van der Waals surface area contributed by atoms with Crippen molar-refractivity contribution in [2.24, 2.45) is 0 Å². The fourth-order valence-corrected chi connectivity index (χ4v) is 2.17. The molecule has 0 aliphatic rings. The Hall–Kier alpha value is -1.51. The molecule has 2 N–H and O–H groups in total. The number of carbonyl (C=O) groups is 1. The molecule has 96 valence electrons. The van der Waals surface area contributed by atoms with Crippen LogP contribution in [0.3, 0.4) is 0 Å². The van der Waals surface area contributed by atoms with Gasteiger partial charge in [0.05, 0.1) is 17.4 Å². The molecule has 0 radical (unpaired) electrons. The summed E-state index contributed by atoms with van der Waals surface area (Å²) in [5.74, 6) is 0.147. The fourth-order valence-electron chi connectivity index (χ4n) is 1.46. The van der Waals surface area contributed by atoms with Crippen LogP contribution < -0.4 is 5.32 Å². The number of thioether (sulfide) groups is 1. The standard InChI is InChI=1S/C13H16N2O2S/c1-10(6-8-16)15-13(17)11-4-2-3-5-12(11)18-9-7-14/h2-5,10,16H,6,8-9H2,1H3,(H,15,17). The van der Waals surface area contributed by atoms with E-state index < -0.39 is 0 Å². The number of hydrogen-bond acceptors (Lipinski definition) is 4. The second-order valence-corrected chi connectivity index (χ2v) is 4.85. The van der Waals surface area contributed by atoms with Crippen LogP contribution in [-0.2, 0) is 0 Å².